The molecule has 1 aromatic carbocycles. The number of carbonyl (C=O) groups is 2. The lowest BCUT2D eigenvalue weighted by atomic mass is 10.1. The summed E-state index contributed by atoms with van der Waals surface area (Å²) in [5.41, 5.74) is -0.705. The van der Waals surface area contributed by atoms with E-state index < -0.39 is 22.5 Å². The van der Waals surface area contributed by atoms with Gasteiger partial charge in [-0.1, -0.05) is 0 Å². The topological polar surface area (TPSA) is 133 Å². The highest BCUT2D eigenvalue weighted by atomic mass is 16.6. The Hall–Kier alpha value is -3.21. The summed E-state index contributed by atoms with van der Waals surface area (Å²) in [6, 6.07) is 5.31. The second-order valence-corrected chi connectivity index (χ2v) is 4.11. The van der Waals surface area contributed by atoms with Crippen molar-refractivity contribution in [2.45, 2.75) is 13.8 Å². The number of aliphatic carboxylic acids is 1. The molecule has 0 aliphatic carbocycles. The molecule has 0 bridgehead atoms. The zero-order valence-electron chi connectivity index (χ0n) is 11.2. The number of hydrogen-bond acceptors (Lipinski definition) is 5. The Morgan fingerprint density at radius 2 is 1.95 bits per heavy atom. The predicted octanol–water partition coefficient (Wildman–Crippen LogP) is 1.83. The zero-order chi connectivity index (χ0) is 16.2. The predicted molar refractivity (Wildman–Crippen MR) is 72.5 cm³/mol. The smallest absolute Gasteiger partial charge is 0.331 e. The molecule has 0 aliphatic heterocycles. The van der Waals surface area contributed by atoms with Crippen LogP contribution in [0.25, 0.3) is 0 Å². The van der Waals surface area contributed by atoms with Gasteiger partial charge >= 0.3 is 5.97 Å². The first-order valence-corrected chi connectivity index (χ1v) is 5.68. The van der Waals surface area contributed by atoms with Crippen molar-refractivity contribution < 1.29 is 19.6 Å². The number of amides is 1. The third-order valence-corrected chi connectivity index (χ3v) is 2.80. The summed E-state index contributed by atoms with van der Waals surface area (Å²) in [4.78, 5) is 32.8. The molecule has 0 heterocycles. The number of rotatable bonds is 4. The monoisotopic (exact) mass is 289 g/mol. The Kier molecular flexibility index (Phi) is 4.75. The van der Waals surface area contributed by atoms with E-state index in [1.807, 2.05) is 0 Å². The number of nitrogens with zero attached hydrogens (tertiary/aromatic N) is 2. The van der Waals surface area contributed by atoms with E-state index in [1.54, 1.807) is 6.07 Å². The van der Waals surface area contributed by atoms with Gasteiger partial charge in [0.25, 0.3) is 11.6 Å². The average molecular weight is 289 g/mol. The maximum Gasteiger partial charge on any atom is 0.331 e. The van der Waals surface area contributed by atoms with Crippen molar-refractivity contribution in [3.63, 3.8) is 0 Å². The van der Waals surface area contributed by atoms with Gasteiger partial charge in [-0.2, -0.15) is 5.26 Å². The zero-order valence-corrected chi connectivity index (χ0v) is 11.2. The van der Waals surface area contributed by atoms with E-state index in [0.29, 0.717) is 0 Å². The number of nitro groups is 1. The molecule has 108 valence electrons. The van der Waals surface area contributed by atoms with Crippen molar-refractivity contribution in [2.24, 2.45) is 0 Å². The minimum atomic E-state index is -1.25. The number of nitrogens with one attached hydrogen (secondary N) is 1. The number of hydrogen-bond donors (Lipinski definition) is 2. The lowest BCUT2D eigenvalue weighted by Gasteiger charge is -2.07. The van der Waals surface area contributed by atoms with E-state index in [9.17, 15) is 19.7 Å². The van der Waals surface area contributed by atoms with Crippen LogP contribution in [-0.2, 0) is 9.59 Å². The summed E-state index contributed by atoms with van der Waals surface area (Å²) in [7, 11) is 0. The largest absolute Gasteiger partial charge is 0.478 e. The molecule has 0 saturated carbocycles. The Morgan fingerprint density at radius 3 is 2.43 bits per heavy atom. The molecule has 0 radical (unpaired) electrons. The van der Waals surface area contributed by atoms with Gasteiger partial charge in [0.1, 0.15) is 5.69 Å². The SMILES string of the molecule is C/C(C(=O)O)=C(/C)C(=O)Nc1ccc(C#N)cc1[N+](=O)[O-]. The molecule has 0 aliphatic rings. The fourth-order valence-electron chi connectivity index (χ4n) is 1.40. The highest BCUT2D eigenvalue weighted by Gasteiger charge is 2.19. The maximum absolute atomic E-state index is 11.9. The van der Waals surface area contributed by atoms with E-state index in [-0.39, 0.29) is 22.4 Å². The second kappa shape index (κ2) is 6.29. The van der Waals surface area contributed by atoms with Crippen LogP contribution >= 0.6 is 0 Å². The molecule has 0 atom stereocenters. The van der Waals surface area contributed by atoms with Crippen LogP contribution in [-0.4, -0.2) is 21.9 Å². The highest BCUT2D eigenvalue weighted by molar-refractivity contribution is 6.08. The minimum absolute atomic E-state index is 0.0684. The molecule has 0 spiro atoms. The summed E-state index contributed by atoms with van der Waals surface area (Å²) in [6.45, 7) is 2.55. The summed E-state index contributed by atoms with van der Waals surface area (Å²) < 4.78 is 0. The summed E-state index contributed by atoms with van der Waals surface area (Å²) >= 11 is 0. The normalized spacial score (nSPS) is 11.1. The lowest BCUT2D eigenvalue weighted by molar-refractivity contribution is -0.383. The van der Waals surface area contributed by atoms with Gasteiger partial charge in [-0.3, -0.25) is 14.9 Å². The van der Waals surface area contributed by atoms with Crippen molar-refractivity contribution in [3.05, 3.63) is 45.0 Å². The fraction of sp³-hybridized carbons (Fsp3) is 0.154. The van der Waals surface area contributed by atoms with Crippen molar-refractivity contribution in [1.82, 2.24) is 0 Å². The van der Waals surface area contributed by atoms with Crippen molar-refractivity contribution in [2.75, 3.05) is 5.32 Å². The van der Waals surface area contributed by atoms with Crippen LogP contribution in [0.4, 0.5) is 11.4 Å². The molecule has 8 heteroatoms. The van der Waals surface area contributed by atoms with Gasteiger partial charge in [0.05, 0.1) is 16.6 Å². The third kappa shape index (κ3) is 3.63. The van der Waals surface area contributed by atoms with E-state index in [0.717, 1.165) is 6.07 Å². The average Bonchev–Trinajstić information content (AvgIpc) is 2.45. The van der Waals surface area contributed by atoms with Crippen molar-refractivity contribution >= 4 is 23.3 Å². The first-order chi connectivity index (χ1) is 9.77. The van der Waals surface area contributed by atoms with Crippen LogP contribution in [0.3, 0.4) is 0 Å². The quantitative estimate of drug-likeness (QED) is 0.493. The van der Waals surface area contributed by atoms with Crippen LogP contribution in [0.5, 0.6) is 0 Å². The molecule has 8 nitrogen and oxygen atoms in total. The maximum atomic E-state index is 11.9. The summed E-state index contributed by atoms with van der Waals surface area (Å²) in [6.07, 6.45) is 0. The van der Waals surface area contributed by atoms with Crippen LogP contribution in [0.15, 0.2) is 29.3 Å². The van der Waals surface area contributed by atoms with Crippen LogP contribution in [0.2, 0.25) is 0 Å². The van der Waals surface area contributed by atoms with Crippen molar-refractivity contribution in [1.29, 1.82) is 5.26 Å². The van der Waals surface area contributed by atoms with Crippen molar-refractivity contribution in [3.8, 4) is 6.07 Å². The van der Waals surface area contributed by atoms with Gasteiger partial charge in [-0.25, -0.2) is 4.79 Å². The molecule has 21 heavy (non-hydrogen) atoms. The number of carboxylic acids is 1. The van der Waals surface area contributed by atoms with E-state index in [1.165, 1.54) is 26.0 Å². The number of anilines is 1. The second-order valence-electron chi connectivity index (χ2n) is 4.11. The van der Waals surface area contributed by atoms with Gasteiger partial charge in [0.15, 0.2) is 0 Å². The van der Waals surface area contributed by atoms with E-state index >= 15 is 0 Å². The molecule has 1 rings (SSSR count). The molecular formula is C13H11N3O5. The molecule has 0 saturated heterocycles. The van der Waals surface area contributed by atoms with Gasteiger partial charge in [0, 0.05) is 17.2 Å². The number of nitro benzene ring substituents is 1. The Morgan fingerprint density at radius 1 is 1.33 bits per heavy atom. The van der Waals surface area contributed by atoms with Crippen LogP contribution in [0, 0.1) is 21.4 Å². The van der Waals surface area contributed by atoms with Gasteiger partial charge < -0.3 is 10.4 Å². The summed E-state index contributed by atoms with van der Waals surface area (Å²) in [5, 5.41) is 30.7. The summed E-state index contributed by atoms with van der Waals surface area (Å²) in [5.74, 6) is -2.01. The fourth-order valence-corrected chi connectivity index (χ4v) is 1.40. The standard InChI is InChI=1S/C13H11N3O5/c1-7(8(2)13(18)19)12(17)15-10-4-3-9(6-14)5-11(10)16(20)21/h3-5H,1-2H3,(H,15,17)(H,18,19)/b8-7+. The Balaban J connectivity index is 3.18. The van der Waals surface area contributed by atoms with Gasteiger partial charge in [-0.15, -0.1) is 0 Å². The lowest BCUT2D eigenvalue weighted by Crippen LogP contribution is -2.17. The van der Waals surface area contributed by atoms with Gasteiger partial charge in [0.2, 0.25) is 0 Å². The van der Waals surface area contributed by atoms with E-state index in [4.69, 9.17) is 10.4 Å². The molecular weight excluding hydrogens is 278 g/mol. The van der Waals surface area contributed by atoms with Crippen LogP contribution in [0.1, 0.15) is 19.4 Å². The minimum Gasteiger partial charge on any atom is -0.478 e. The number of nitriles is 1. The molecule has 0 aromatic heterocycles. The van der Waals surface area contributed by atoms with E-state index in [2.05, 4.69) is 5.32 Å². The molecule has 1 amide bonds. The number of carboxylic acid groups (broad SMARTS) is 1. The Bertz CT molecular complexity index is 700. The molecule has 0 fully saturated rings. The molecule has 2 N–H and O–H groups in total. The molecule has 1 aromatic rings. The number of benzene rings is 1. The first-order valence-electron chi connectivity index (χ1n) is 5.68. The van der Waals surface area contributed by atoms with Gasteiger partial charge in [-0.05, 0) is 26.0 Å². The third-order valence-electron chi connectivity index (χ3n) is 2.80. The number of carbonyl (C=O) groups excluding carboxylic acids is 1. The highest BCUT2D eigenvalue weighted by Crippen LogP contribution is 2.26. The molecule has 0 unspecified atom stereocenters. The Labute approximate surface area is 119 Å². The van der Waals surface area contributed by atoms with Crippen LogP contribution < -0.4 is 5.32 Å². The first kappa shape index (κ1) is 15.8.